The van der Waals surface area contributed by atoms with E-state index in [-0.39, 0.29) is 23.8 Å². The van der Waals surface area contributed by atoms with Crippen molar-refractivity contribution >= 4 is 45.8 Å². The number of aromatic amines is 2. The molecule has 6 aromatic rings. The highest BCUT2D eigenvalue weighted by atomic mass is 16.5. The van der Waals surface area contributed by atoms with Gasteiger partial charge < -0.3 is 54.1 Å². The van der Waals surface area contributed by atoms with Crippen LogP contribution in [0.5, 0.6) is 5.75 Å². The van der Waals surface area contributed by atoms with E-state index in [2.05, 4.69) is 50.9 Å². The van der Waals surface area contributed by atoms with Crippen LogP contribution in [0, 0.1) is 5.92 Å². The number of hydrogen-bond donors (Lipinski definition) is 4. The minimum atomic E-state index is -0.958. The maximum Gasteiger partial charge on any atom is 0.407 e. The third-order valence-electron chi connectivity index (χ3n) is 12.9. The van der Waals surface area contributed by atoms with Crippen LogP contribution in [0.2, 0.25) is 0 Å². The Labute approximate surface area is 375 Å². The van der Waals surface area contributed by atoms with Gasteiger partial charge >= 0.3 is 12.2 Å². The summed E-state index contributed by atoms with van der Waals surface area (Å²) in [5.74, 6) is 1.58. The van der Waals surface area contributed by atoms with Crippen molar-refractivity contribution in [3.8, 4) is 28.1 Å². The molecule has 2 fully saturated rings. The average molecular weight is 885 g/mol. The molecule has 4 aromatic carbocycles. The van der Waals surface area contributed by atoms with E-state index in [9.17, 15) is 19.2 Å². The Kier molecular flexibility index (Phi) is 12.2. The monoisotopic (exact) mass is 884 g/mol. The Morgan fingerprint density at radius 1 is 0.862 bits per heavy atom. The SMILES string of the molecule is COC[C@H]1C[C@@H](c2nc3c(ccc4cc5c(cc43)OCc3cc(-c4cnc([C@@H]6CCCN6C(=O)[C@@H](NC(=O)OC)[C@@H](C)OC)[nH]4)ccc3-5)[nH]2)N(C(=O)C(NC(=O)OC)c2ccccc2)C1. The number of nitrogens with one attached hydrogen (secondary N) is 4. The van der Waals surface area contributed by atoms with Crippen molar-refractivity contribution in [2.45, 2.75) is 63.1 Å². The lowest BCUT2D eigenvalue weighted by Gasteiger charge is -2.30. The van der Waals surface area contributed by atoms with Gasteiger partial charge in [0.15, 0.2) is 0 Å². The number of ether oxygens (including phenoxy) is 5. The molecular weight excluding hydrogens is 833 g/mol. The molecule has 0 saturated carbocycles. The Morgan fingerprint density at radius 2 is 1.66 bits per heavy atom. The Hall–Kier alpha value is -6.98. The highest BCUT2D eigenvalue weighted by Gasteiger charge is 2.42. The number of benzene rings is 4. The molecule has 3 aliphatic heterocycles. The normalized spacial score (nSPS) is 19.2. The van der Waals surface area contributed by atoms with Gasteiger partial charge in [0.1, 0.15) is 36.1 Å². The van der Waals surface area contributed by atoms with Crippen molar-refractivity contribution in [3.63, 3.8) is 0 Å². The van der Waals surface area contributed by atoms with Crippen LogP contribution in [-0.4, -0.2) is 114 Å². The minimum absolute atomic E-state index is 0.0552. The molecule has 4 N–H and O–H groups in total. The van der Waals surface area contributed by atoms with Gasteiger partial charge in [-0.2, -0.15) is 0 Å². The number of imidazole rings is 2. The molecule has 65 heavy (non-hydrogen) atoms. The van der Waals surface area contributed by atoms with E-state index in [1.54, 1.807) is 30.0 Å². The molecule has 0 aliphatic carbocycles. The van der Waals surface area contributed by atoms with Crippen LogP contribution in [0.1, 0.15) is 67.1 Å². The molecule has 17 nitrogen and oxygen atoms in total. The predicted octanol–water partition coefficient (Wildman–Crippen LogP) is 6.72. The summed E-state index contributed by atoms with van der Waals surface area (Å²) in [5, 5.41) is 7.27. The first-order valence-corrected chi connectivity index (χ1v) is 21.7. The number of likely N-dealkylation sites (tertiary alicyclic amines) is 2. The van der Waals surface area contributed by atoms with E-state index in [0.29, 0.717) is 49.9 Å². The largest absolute Gasteiger partial charge is 0.488 e. The van der Waals surface area contributed by atoms with Gasteiger partial charge in [-0.15, -0.1) is 0 Å². The van der Waals surface area contributed by atoms with Crippen molar-refractivity contribution in [2.24, 2.45) is 5.92 Å². The zero-order valence-electron chi connectivity index (χ0n) is 36.9. The first-order valence-electron chi connectivity index (χ1n) is 21.7. The van der Waals surface area contributed by atoms with E-state index >= 15 is 0 Å². The van der Waals surface area contributed by atoms with Gasteiger partial charge in [-0.1, -0.05) is 48.5 Å². The number of alkyl carbamates (subject to hydrolysis) is 2. The molecule has 2 aromatic heterocycles. The summed E-state index contributed by atoms with van der Waals surface area (Å²) in [5.41, 5.74) is 7.01. The van der Waals surface area contributed by atoms with Gasteiger partial charge in [-0.05, 0) is 78.1 Å². The third-order valence-corrected chi connectivity index (χ3v) is 12.9. The number of H-pyrrole nitrogens is 2. The highest BCUT2D eigenvalue weighted by molar-refractivity contribution is 6.07. The second-order valence-electron chi connectivity index (χ2n) is 16.8. The average Bonchev–Trinajstić information content (AvgIpc) is 4.18. The van der Waals surface area contributed by atoms with Crippen molar-refractivity contribution in [3.05, 3.63) is 102 Å². The molecule has 2 saturated heterocycles. The fourth-order valence-corrected chi connectivity index (χ4v) is 9.54. The molecule has 0 bridgehead atoms. The number of carbonyl (C=O) groups excluding carboxylic acids is 4. The second-order valence-corrected chi connectivity index (χ2v) is 16.8. The lowest BCUT2D eigenvalue weighted by Crippen LogP contribution is -2.54. The van der Waals surface area contributed by atoms with Crippen LogP contribution >= 0.6 is 0 Å². The number of nitrogens with zero attached hydrogens (tertiary/aromatic N) is 4. The Bertz CT molecular complexity index is 2760. The second kappa shape index (κ2) is 18.3. The maximum absolute atomic E-state index is 14.4. The van der Waals surface area contributed by atoms with E-state index in [1.165, 1.54) is 21.3 Å². The zero-order chi connectivity index (χ0) is 45.4. The first-order chi connectivity index (χ1) is 31.6. The Balaban J connectivity index is 0.974. The zero-order valence-corrected chi connectivity index (χ0v) is 36.9. The molecule has 9 rings (SSSR count). The standard InChI is InChI=1S/C48H52N8O9/c1-26(62-3)40(53-47(59)63-4)45(57)55-17-9-12-37(55)43-49-22-36(51-43)30-13-15-32-31(19-30)25-65-39-21-33-29(20-34(32)39)14-16-35-42(33)52-44(50-35)38-18-27(24-61-2)23-56(38)46(58)41(54-48(60)64-5)28-10-7-6-8-11-28/h6-8,10-11,13-16,19-22,26-27,37-38,40-41H,9,12,17-18,23-25H2,1-5H3,(H,49,51)(H,50,52)(H,53,59)(H,54,60)/t26-,27+,37+,38+,40+,41?/m1/s1. The molecule has 17 heteroatoms. The number of rotatable bonds is 12. The molecule has 6 atom stereocenters. The van der Waals surface area contributed by atoms with Crippen LogP contribution in [0.3, 0.4) is 0 Å². The van der Waals surface area contributed by atoms with Crippen LogP contribution in [0.4, 0.5) is 9.59 Å². The number of methoxy groups -OCH3 is 4. The van der Waals surface area contributed by atoms with Gasteiger partial charge in [0.05, 0.1) is 61.9 Å². The van der Waals surface area contributed by atoms with Gasteiger partial charge in [0, 0.05) is 44.2 Å². The van der Waals surface area contributed by atoms with E-state index < -0.39 is 36.4 Å². The summed E-state index contributed by atoms with van der Waals surface area (Å²) in [7, 11) is 5.68. The van der Waals surface area contributed by atoms with E-state index in [0.717, 1.165) is 68.3 Å². The Morgan fingerprint density at radius 3 is 2.43 bits per heavy atom. The summed E-state index contributed by atoms with van der Waals surface area (Å²) in [6.07, 6.45) is 1.94. The van der Waals surface area contributed by atoms with Crippen molar-refractivity contribution in [1.29, 1.82) is 0 Å². The number of amides is 4. The maximum atomic E-state index is 14.4. The van der Waals surface area contributed by atoms with E-state index in [1.807, 2.05) is 42.5 Å². The summed E-state index contributed by atoms with van der Waals surface area (Å²) in [4.78, 5) is 73.2. The van der Waals surface area contributed by atoms with Crippen LogP contribution < -0.4 is 15.4 Å². The van der Waals surface area contributed by atoms with E-state index in [4.69, 9.17) is 33.7 Å². The van der Waals surface area contributed by atoms with Crippen molar-refractivity contribution < 1.29 is 42.9 Å². The lowest BCUT2D eigenvalue weighted by atomic mass is 9.92. The fraction of sp³-hybridized carbons (Fsp3) is 0.375. The topological polar surface area (TPSA) is 202 Å². The summed E-state index contributed by atoms with van der Waals surface area (Å²) in [6, 6.07) is 21.1. The first kappa shape index (κ1) is 43.3. The smallest absolute Gasteiger partial charge is 0.407 e. The number of hydrogen-bond acceptors (Lipinski definition) is 11. The fourth-order valence-electron chi connectivity index (χ4n) is 9.54. The molecule has 5 heterocycles. The molecule has 4 amide bonds. The summed E-state index contributed by atoms with van der Waals surface area (Å²) < 4.78 is 27.1. The molecule has 1 unspecified atom stereocenters. The summed E-state index contributed by atoms with van der Waals surface area (Å²) >= 11 is 0. The molecule has 3 aliphatic rings. The molecule has 0 radical (unpaired) electrons. The van der Waals surface area contributed by atoms with Crippen LogP contribution in [0.15, 0.2) is 79.0 Å². The predicted molar refractivity (Wildman–Crippen MR) is 240 cm³/mol. The molecule has 338 valence electrons. The lowest BCUT2D eigenvalue weighted by molar-refractivity contribution is -0.137. The number of carbonyl (C=O) groups is 4. The third kappa shape index (κ3) is 8.32. The van der Waals surface area contributed by atoms with Crippen molar-refractivity contribution in [1.82, 2.24) is 40.4 Å². The van der Waals surface area contributed by atoms with Crippen LogP contribution in [-0.2, 0) is 35.1 Å². The van der Waals surface area contributed by atoms with Crippen LogP contribution in [0.25, 0.3) is 44.2 Å². The minimum Gasteiger partial charge on any atom is -0.488 e. The van der Waals surface area contributed by atoms with Gasteiger partial charge in [0.25, 0.3) is 5.91 Å². The number of aromatic nitrogens is 4. The number of fused-ring (bicyclic) bond motifs is 6. The van der Waals surface area contributed by atoms with Gasteiger partial charge in [-0.25, -0.2) is 19.6 Å². The molecular formula is C48H52N8O9. The highest BCUT2D eigenvalue weighted by Crippen LogP contribution is 2.44. The molecule has 0 spiro atoms. The van der Waals surface area contributed by atoms with Crippen molar-refractivity contribution in [2.75, 3.05) is 48.1 Å². The van der Waals surface area contributed by atoms with Gasteiger partial charge in [-0.3, -0.25) is 9.59 Å². The summed E-state index contributed by atoms with van der Waals surface area (Å²) in [6.45, 7) is 3.50. The quantitative estimate of drug-likeness (QED) is 0.102. The van der Waals surface area contributed by atoms with Gasteiger partial charge in [0.2, 0.25) is 5.91 Å².